The molecule has 200 valence electrons. The Morgan fingerprint density at radius 3 is 2.56 bits per heavy atom. The largest absolute Gasteiger partial charge is 0.463 e. The van der Waals surface area contributed by atoms with Crippen LogP contribution in [0.2, 0.25) is 25.7 Å². The summed E-state index contributed by atoms with van der Waals surface area (Å²) in [5, 5.41) is 20.4. The first-order chi connectivity index (χ1) is 17.2. The van der Waals surface area contributed by atoms with Gasteiger partial charge < -0.3 is 29.8 Å². The zero-order chi connectivity index (χ0) is 26.3. The molecule has 36 heavy (non-hydrogen) atoms. The molecule has 1 aliphatic heterocycles. The number of hydrogen-bond acceptors (Lipinski definition) is 8. The fourth-order valence-electron chi connectivity index (χ4n) is 4.97. The molecule has 1 atom stereocenters. The molecule has 9 nitrogen and oxygen atoms in total. The van der Waals surface area contributed by atoms with Gasteiger partial charge >= 0.3 is 6.01 Å². The smallest absolute Gasteiger partial charge is 0.319 e. The number of aromatic nitrogens is 3. The molecule has 3 heterocycles. The molecule has 1 fully saturated rings. The van der Waals surface area contributed by atoms with Crippen LogP contribution in [0.15, 0.2) is 0 Å². The summed E-state index contributed by atoms with van der Waals surface area (Å²) in [5.41, 5.74) is 9.09. The van der Waals surface area contributed by atoms with Gasteiger partial charge in [-0.05, 0) is 63.7 Å². The van der Waals surface area contributed by atoms with Crippen LogP contribution in [-0.2, 0) is 11.5 Å². The third-order valence-corrected chi connectivity index (χ3v) is 8.84. The molecule has 3 rings (SSSR count). The Hall–Kier alpha value is -2.19. The lowest BCUT2D eigenvalue weighted by atomic mass is 9.78. The molecule has 2 aromatic heterocycles. The van der Waals surface area contributed by atoms with E-state index < -0.39 is 8.07 Å². The number of nitrogens with two attached hydrogens (primary N) is 1. The Morgan fingerprint density at radius 2 is 1.94 bits per heavy atom. The van der Waals surface area contributed by atoms with Gasteiger partial charge in [-0.15, -0.1) is 0 Å². The van der Waals surface area contributed by atoms with E-state index in [2.05, 4.69) is 49.6 Å². The topological polar surface area (TPSA) is 122 Å². The first-order valence-electron chi connectivity index (χ1n) is 13.3. The van der Waals surface area contributed by atoms with Crippen molar-refractivity contribution in [2.24, 2.45) is 5.92 Å². The second kappa shape index (κ2) is 12.9. The maximum absolute atomic E-state index is 10.4. The van der Waals surface area contributed by atoms with Crippen molar-refractivity contribution in [3.8, 4) is 12.1 Å². The van der Waals surface area contributed by atoms with Crippen LogP contribution in [0.5, 0.6) is 6.01 Å². The third kappa shape index (κ3) is 6.97. The number of ether oxygens (including phenoxy) is 2. The Bertz CT molecular complexity index is 1040. The molecule has 0 spiro atoms. The maximum atomic E-state index is 10.4. The first-order valence-corrected chi connectivity index (χ1v) is 17.0. The number of nitrogens with zero attached hydrogens (tertiary/aromatic N) is 5. The van der Waals surface area contributed by atoms with Crippen LogP contribution >= 0.6 is 0 Å². The zero-order valence-electron chi connectivity index (χ0n) is 22.7. The lowest BCUT2D eigenvalue weighted by Gasteiger charge is -2.34. The van der Waals surface area contributed by atoms with E-state index in [-0.39, 0.29) is 31.1 Å². The monoisotopic (exact) mass is 516 g/mol. The van der Waals surface area contributed by atoms with E-state index in [9.17, 15) is 10.4 Å². The molecule has 1 saturated heterocycles. The van der Waals surface area contributed by atoms with Crippen LogP contribution in [0.1, 0.15) is 56.2 Å². The Morgan fingerprint density at radius 1 is 1.22 bits per heavy atom. The molecule has 0 radical (unpaired) electrons. The quantitative estimate of drug-likeness (QED) is 0.300. The molecule has 2 aromatic rings. The molecule has 0 aromatic carbocycles. The SMILES string of the molecule is CCCCOc1nc(N)c2c(n1)c(C(CCO)C1CCN(C)CC1)c(C#N)n2COCC[Si](C)(C)C. The number of hydrogen-bond donors (Lipinski definition) is 2. The van der Waals surface area contributed by atoms with Crippen molar-refractivity contribution >= 4 is 24.9 Å². The lowest BCUT2D eigenvalue weighted by molar-refractivity contribution is 0.0894. The van der Waals surface area contributed by atoms with Gasteiger partial charge in [0.1, 0.15) is 29.5 Å². The number of likely N-dealkylation sites (tertiary alicyclic amines) is 1. The van der Waals surface area contributed by atoms with Gasteiger partial charge in [0.2, 0.25) is 0 Å². The summed E-state index contributed by atoms with van der Waals surface area (Å²) in [6.45, 7) is 12.4. The number of anilines is 1. The number of piperidine rings is 1. The number of fused-ring (bicyclic) bond motifs is 1. The molecular weight excluding hydrogens is 472 g/mol. The molecule has 10 heteroatoms. The second-order valence-electron chi connectivity index (χ2n) is 11.2. The average Bonchev–Trinajstić information content (AvgIpc) is 3.14. The number of aliphatic hydroxyl groups excluding tert-OH is 1. The molecule has 0 saturated carbocycles. The van der Waals surface area contributed by atoms with Gasteiger partial charge in [-0.2, -0.15) is 15.2 Å². The number of nitriles is 1. The van der Waals surface area contributed by atoms with Gasteiger partial charge in [-0.3, -0.25) is 0 Å². The molecule has 0 bridgehead atoms. The second-order valence-corrected chi connectivity index (χ2v) is 16.8. The van der Waals surface area contributed by atoms with E-state index in [1.165, 1.54) is 0 Å². The van der Waals surface area contributed by atoms with Crippen molar-refractivity contribution < 1.29 is 14.6 Å². The van der Waals surface area contributed by atoms with Crippen molar-refractivity contribution in [1.29, 1.82) is 5.26 Å². The summed E-state index contributed by atoms with van der Waals surface area (Å²) in [7, 11) is 0.880. The highest BCUT2D eigenvalue weighted by molar-refractivity contribution is 6.76. The number of rotatable bonds is 13. The molecule has 1 aliphatic rings. The van der Waals surface area contributed by atoms with Crippen LogP contribution in [0.3, 0.4) is 0 Å². The molecule has 0 aliphatic carbocycles. The van der Waals surface area contributed by atoms with Crippen LogP contribution in [0, 0.1) is 17.2 Å². The maximum Gasteiger partial charge on any atom is 0.319 e. The molecular formula is C26H44N6O3Si. The van der Waals surface area contributed by atoms with Gasteiger partial charge in [0.15, 0.2) is 5.82 Å². The fraction of sp³-hybridized carbons (Fsp3) is 0.731. The van der Waals surface area contributed by atoms with E-state index in [1.807, 2.05) is 4.57 Å². The predicted octanol–water partition coefficient (Wildman–Crippen LogP) is 4.18. The summed E-state index contributed by atoms with van der Waals surface area (Å²) in [4.78, 5) is 11.5. The van der Waals surface area contributed by atoms with E-state index in [0.717, 1.165) is 50.4 Å². The minimum atomic E-state index is -1.25. The van der Waals surface area contributed by atoms with Crippen molar-refractivity contribution in [3.63, 3.8) is 0 Å². The van der Waals surface area contributed by atoms with Crippen LogP contribution in [0.25, 0.3) is 11.0 Å². The number of nitrogen functional groups attached to an aromatic ring is 1. The zero-order valence-corrected chi connectivity index (χ0v) is 23.7. The summed E-state index contributed by atoms with van der Waals surface area (Å²) >= 11 is 0. The predicted molar refractivity (Wildman–Crippen MR) is 146 cm³/mol. The molecule has 1 unspecified atom stereocenters. The van der Waals surface area contributed by atoms with Crippen molar-refractivity contribution in [1.82, 2.24) is 19.4 Å². The molecule has 3 N–H and O–H groups in total. The number of aliphatic hydroxyl groups is 1. The van der Waals surface area contributed by atoms with Crippen molar-refractivity contribution in [2.75, 3.05) is 45.7 Å². The van der Waals surface area contributed by atoms with Gasteiger partial charge in [-0.25, -0.2) is 0 Å². The van der Waals surface area contributed by atoms with Gasteiger partial charge in [-0.1, -0.05) is 33.0 Å². The van der Waals surface area contributed by atoms with E-state index in [1.54, 1.807) is 0 Å². The summed E-state index contributed by atoms with van der Waals surface area (Å²) in [6.07, 6.45) is 4.47. The summed E-state index contributed by atoms with van der Waals surface area (Å²) in [5.74, 6) is 0.615. The van der Waals surface area contributed by atoms with Crippen LogP contribution in [0.4, 0.5) is 5.82 Å². The average molecular weight is 517 g/mol. The fourth-order valence-corrected chi connectivity index (χ4v) is 5.72. The standard InChI is InChI=1S/C26H44N6O3Si/c1-6-7-14-35-26-29-23-22(20(10-13-33)19-8-11-31(2)12-9-19)21(17-27)32(24(23)25(28)30-26)18-34-15-16-36(3,4)5/h19-20,33H,6-16,18H2,1-5H3,(H2,28,29,30). The Labute approximate surface area is 216 Å². The van der Waals surface area contributed by atoms with Crippen LogP contribution < -0.4 is 10.5 Å². The summed E-state index contributed by atoms with van der Waals surface area (Å²) in [6, 6.07) is 3.70. The first kappa shape index (κ1) is 28.4. The van der Waals surface area contributed by atoms with Crippen molar-refractivity contribution in [3.05, 3.63) is 11.3 Å². The molecule has 0 amide bonds. The third-order valence-electron chi connectivity index (χ3n) is 7.14. The van der Waals surface area contributed by atoms with Gasteiger partial charge in [0.25, 0.3) is 0 Å². The minimum absolute atomic E-state index is 0.0122. The highest BCUT2D eigenvalue weighted by Gasteiger charge is 2.34. The van der Waals surface area contributed by atoms with E-state index >= 15 is 0 Å². The van der Waals surface area contributed by atoms with Gasteiger partial charge in [0, 0.05) is 26.9 Å². The highest BCUT2D eigenvalue weighted by Crippen LogP contribution is 2.42. The van der Waals surface area contributed by atoms with Crippen molar-refractivity contribution in [2.45, 2.75) is 77.4 Å². The normalized spacial score (nSPS) is 16.4. The minimum Gasteiger partial charge on any atom is -0.463 e. The highest BCUT2D eigenvalue weighted by atomic mass is 28.3. The Kier molecular flexibility index (Phi) is 10.1. The lowest BCUT2D eigenvalue weighted by Crippen LogP contribution is -2.33. The number of unbranched alkanes of at least 4 members (excludes halogenated alkanes) is 1. The van der Waals surface area contributed by atoms with E-state index in [0.29, 0.717) is 42.3 Å². The van der Waals surface area contributed by atoms with Gasteiger partial charge in [0.05, 0.1) is 6.61 Å². The van der Waals surface area contributed by atoms with E-state index in [4.69, 9.17) is 20.2 Å². The van der Waals surface area contributed by atoms with Crippen LogP contribution in [-0.4, -0.2) is 72.6 Å². The Balaban J connectivity index is 2.09. The summed E-state index contributed by atoms with van der Waals surface area (Å²) < 4.78 is 13.7.